The molecule has 5 nitrogen and oxygen atoms in total. The second-order valence-electron chi connectivity index (χ2n) is 4.79. The largest absolute Gasteiger partial charge is 0.352 e. The van der Waals surface area contributed by atoms with Crippen molar-refractivity contribution in [3.8, 4) is 0 Å². The van der Waals surface area contributed by atoms with Crippen molar-refractivity contribution in [2.75, 3.05) is 12.0 Å². The minimum atomic E-state index is -0.328. The Balaban J connectivity index is 1.77. The van der Waals surface area contributed by atoms with Gasteiger partial charge in [-0.15, -0.1) is 0 Å². The molecule has 0 radical (unpaired) electrons. The van der Waals surface area contributed by atoms with Crippen LogP contribution in [0, 0.1) is 0 Å². The van der Waals surface area contributed by atoms with Gasteiger partial charge in [-0.25, -0.2) is 0 Å². The van der Waals surface area contributed by atoms with Gasteiger partial charge < -0.3 is 5.32 Å². The predicted octanol–water partition coefficient (Wildman–Crippen LogP) is 3.91. The molecule has 0 spiro atoms. The summed E-state index contributed by atoms with van der Waals surface area (Å²) >= 11 is 17.8. The molecular weight excluding hydrogens is 373 g/mol. The van der Waals surface area contributed by atoms with Crippen LogP contribution >= 0.6 is 34.8 Å². The van der Waals surface area contributed by atoms with Crippen LogP contribution in [-0.2, 0) is 4.79 Å². The molecule has 0 atom stereocenters. The molecule has 8 heteroatoms. The van der Waals surface area contributed by atoms with Gasteiger partial charge in [-0.1, -0.05) is 53.0 Å². The maximum atomic E-state index is 11.8. The molecule has 126 valence electrons. The molecule has 0 fully saturated rings. The molecule has 2 aromatic rings. The highest BCUT2D eigenvalue weighted by Crippen LogP contribution is 2.32. The summed E-state index contributed by atoms with van der Waals surface area (Å²) in [6, 6.07) is 11.8. The SMILES string of the molecule is O=C(CCNC(=O)c1ccccc1)NNc1c(Cl)cc(Cl)cc1Cl. The average Bonchev–Trinajstić information content (AvgIpc) is 2.54. The first-order chi connectivity index (χ1) is 11.5. The number of carbonyl (C=O) groups excluding carboxylic acids is 2. The van der Waals surface area contributed by atoms with Gasteiger partial charge in [0.2, 0.25) is 5.91 Å². The average molecular weight is 387 g/mol. The Labute approximate surface area is 154 Å². The third-order valence-corrected chi connectivity index (χ3v) is 3.82. The molecule has 0 aliphatic rings. The molecule has 0 saturated carbocycles. The van der Waals surface area contributed by atoms with Gasteiger partial charge in [-0.05, 0) is 24.3 Å². The highest BCUT2D eigenvalue weighted by Gasteiger charge is 2.10. The highest BCUT2D eigenvalue weighted by atomic mass is 35.5. The monoisotopic (exact) mass is 385 g/mol. The Morgan fingerprint density at radius 3 is 2.21 bits per heavy atom. The first kappa shape index (κ1) is 18.4. The van der Waals surface area contributed by atoms with Crippen molar-refractivity contribution in [2.45, 2.75) is 6.42 Å². The van der Waals surface area contributed by atoms with Crippen molar-refractivity contribution in [2.24, 2.45) is 0 Å². The van der Waals surface area contributed by atoms with Crippen molar-refractivity contribution >= 4 is 52.3 Å². The second-order valence-corrected chi connectivity index (χ2v) is 6.04. The van der Waals surface area contributed by atoms with E-state index in [2.05, 4.69) is 16.2 Å². The molecule has 0 aliphatic heterocycles. The van der Waals surface area contributed by atoms with Crippen LogP contribution in [-0.4, -0.2) is 18.4 Å². The summed E-state index contributed by atoms with van der Waals surface area (Å²) in [5, 5.41) is 3.62. The van der Waals surface area contributed by atoms with Crippen LogP contribution in [0.5, 0.6) is 0 Å². The van der Waals surface area contributed by atoms with Gasteiger partial charge in [-0.3, -0.25) is 20.4 Å². The van der Waals surface area contributed by atoms with Gasteiger partial charge in [0, 0.05) is 23.6 Å². The van der Waals surface area contributed by atoms with E-state index in [0.717, 1.165) is 0 Å². The fourth-order valence-corrected chi connectivity index (χ4v) is 2.75. The summed E-state index contributed by atoms with van der Waals surface area (Å²) in [5.74, 6) is -0.564. The normalized spacial score (nSPS) is 10.1. The number of amides is 2. The zero-order valence-electron chi connectivity index (χ0n) is 12.4. The minimum Gasteiger partial charge on any atom is -0.352 e. The predicted molar refractivity (Wildman–Crippen MR) is 96.6 cm³/mol. The van der Waals surface area contributed by atoms with Gasteiger partial charge in [0.15, 0.2) is 0 Å². The van der Waals surface area contributed by atoms with Crippen molar-refractivity contribution < 1.29 is 9.59 Å². The van der Waals surface area contributed by atoms with Gasteiger partial charge in [-0.2, -0.15) is 0 Å². The third kappa shape index (κ3) is 5.30. The maximum absolute atomic E-state index is 11.8. The van der Waals surface area contributed by atoms with E-state index in [-0.39, 0.29) is 34.8 Å². The van der Waals surface area contributed by atoms with Crippen LogP contribution in [0.4, 0.5) is 5.69 Å². The lowest BCUT2D eigenvalue weighted by molar-refractivity contribution is -0.120. The molecule has 3 N–H and O–H groups in total. The number of halogens is 3. The Kier molecular flexibility index (Phi) is 6.73. The van der Waals surface area contributed by atoms with Crippen LogP contribution in [0.3, 0.4) is 0 Å². The van der Waals surface area contributed by atoms with E-state index in [0.29, 0.717) is 16.3 Å². The van der Waals surface area contributed by atoms with E-state index in [9.17, 15) is 9.59 Å². The van der Waals surface area contributed by atoms with E-state index in [1.165, 1.54) is 12.1 Å². The zero-order valence-corrected chi connectivity index (χ0v) is 14.7. The van der Waals surface area contributed by atoms with Gasteiger partial charge in [0.05, 0.1) is 15.7 Å². The highest BCUT2D eigenvalue weighted by molar-refractivity contribution is 6.41. The van der Waals surface area contributed by atoms with Gasteiger partial charge in [0.1, 0.15) is 0 Å². The summed E-state index contributed by atoms with van der Waals surface area (Å²) < 4.78 is 0. The standard InChI is InChI=1S/C16H14Cl3N3O2/c17-11-8-12(18)15(13(19)9-11)22-21-14(23)6-7-20-16(24)10-4-2-1-3-5-10/h1-5,8-9,22H,6-7H2,(H,20,24)(H,21,23). The van der Waals surface area contributed by atoms with E-state index in [1.54, 1.807) is 24.3 Å². The van der Waals surface area contributed by atoms with Crippen LogP contribution in [0.25, 0.3) is 0 Å². The van der Waals surface area contributed by atoms with Crippen LogP contribution in [0.1, 0.15) is 16.8 Å². The number of anilines is 1. The first-order valence-corrected chi connectivity index (χ1v) is 8.13. The molecule has 0 aliphatic carbocycles. The summed E-state index contributed by atoms with van der Waals surface area (Å²) in [7, 11) is 0. The number of hydrogen-bond acceptors (Lipinski definition) is 3. The number of nitrogens with one attached hydrogen (secondary N) is 3. The van der Waals surface area contributed by atoms with Crippen molar-refractivity contribution in [3.63, 3.8) is 0 Å². The number of benzene rings is 2. The molecule has 0 heterocycles. The Hall–Kier alpha value is -1.95. The van der Waals surface area contributed by atoms with E-state index < -0.39 is 0 Å². The van der Waals surface area contributed by atoms with Crippen molar-refractivity contribution in [1.82, 2.24) is 10.7 Å². The second kappa shape index (κ2) is 8.78. The molecular formula is C16H14Cl3N3O2. The number of carbonyl (C=O) groups is 2. The molecule has 2 rings (SSSR count). The Morgan fingerprint density at radius 1 is 0.958 bits per heavy atom. The number of hydrazine groups is 1. The van der Waals surface area contributed by atoms with Crippen LogP contribution < -0.4 is 16.2 Å². The lowest BCUT2D eigenvalue weighted by Gasteiger charge is -2.12. The quantitative estimate of drug-likeness (QED) is 0.659. The fourth-order valence-electron chi connectivity index (χ4n) is 1.84. The minimum absolute atomic E-state index is 0.0917. The summed E-state index contributed by atoms with van der Waals surface area (Å²) in [6.45, 7) is 0.198. The molecule has 0 aromatic heterocycles. The van der Waals surface area contributed by atoms with Crippen LogP contribution in [0.2, 0.25) is 15.1 Å². The van der Waals surface area contributed by atoms with E-state index in [1.807, 2.05) is 6.07 Å². The summed E-state index contributed by atoms with van der Waals surface area (Å²) in [4.78, 5) is 23.6. The maximum Gasteiger partial charge on any atom is 0.251 e. The molecule has 2 aromatic carbocycles. The lowest BCUT2D eigenvalue weighted by Crippen LogP contribution is -2.33. The summed E-state index contributed by atoms with van der Waals surface area (Å²) in [5.41, 5.74) is 5.99. The molecule has 24 heavy (non-hydrogen) atoms. The number of rotatable bonds is 6. The number of hydrogen-bond donors (Lipinski definition) is 3. The van der Waals surface area contributed by atoms with E-state index >= 15 is 0 Å². The van der Waals surface area contributed by atoms with Crippen molar-refractivity contribution in [3.05, 3.63) is 63.1 Å². The molecule has 0 bridgehead atoms. The molecule has 0 unspecified atom stereocenters. The Morgan fingerprint density at radius 2 is 1.58 bits per heavy atom. The Bertz CT molecular complexity index is 716. The molecule has 2 amide bonds. The van der Waals surface area contributed by atoms with Gasteiger partial charge in [0.25, 0.3) is 5.91 Å². The van der Waals surface area contributed by atoms with Gasteiger partial charge >= 0.3 is 0 Å². The third-order valence-electron chi connectivity index (χ3n) is 3.01. The fraction of sp³-hybridized carbons (Fsp3) is 0.125. The topological polar surface area (TPSA) is 70.2 Å². The van der Waals surface area contributed by atoms with Crippen LogP contribution in [0.15, 0.2) is 42.5 Å². The zero-order chi connectivity index (χ0) is 17.5. The smallest absolute Gasteiger partial charge is 0.251 e. The van der Waals surface area contributed by atoms with Crippen molar-refractivity contribution in [1.29, 1.82) is 0 Å². The molecule has 0 saturated heterocycles. The van der Waals surface area contributed by atoms with E-state index in [4.69, 9.17) is 34.8 Å². The summed E-state index contributed by atoms with van der Waals surface area (Å²) in [6.07, 6.45) is 0.0917. The lowest BCUT2D eigenvalue weighted by atomic mass is 10.2. The first-order valence-electron chi connectivity index (χ1n) is 7.00.